The third-order valence-electron chi connectivity index (χ3n) is 1.39. The number of rotatable bonds is 4. The Hall–Kier alpha value is -0.598. The molecule has 0 bridgehead atoms. The summed E-state index contributed by atoms with van der Waals surface area (Å²) in [5.74, 6) is -0.488. The first-order valence-electron chi connectivity index (χ1n) is 4.10. The second-order valence-corrected chi connectivity index (χ2v) is 4.56. The van der Waals surface area contributed by atoms with Crippen molar-refractivity contribution < 1.29 is 12.4 Å². The molecule has 14 heavy (non-hydrogen) atoms. The summed E-state index contributed by atoms with van der Waals surface area (Å²) in [6, 6.07) is 3.27. The minimum atomic E-state index is -2.33. The molecule has 1 heterocycles. The van der Waals surface area contributed by atoms with Gasteiger partial charge in [0.1, 0.15) is 0 Å². The van der Waals surface area contributed by atoms with Crippen LogP contribution in [0.2, 0.25) is 0 Å². The molecule has 0 spiro atoms. The van der Waals surface area contributed by atoms with E-state index in [-0.39, 0.29) is 0 Å². The molecule has 0 radical (unpaired) electrons. The van der Waals surface area contributed by atoms with E-state index in [1.54, 1.807) is 25.3 Å². The van der Waals surface area contributed by atoms with Crippen LogP contribution in [-0.4, -0.2) is 31.5 Å². The van der Waals surface area contributed by atoms with Gasteiger partial charge in [0.15, 0.2) is 0 Å². The number of hydrogen-bond acceptors (Lipinski definition) is 4. The molecule has 4 nitrogen and oxygen atoms in total. The van der Waals surface area contributed by atoms with Gasteiger partial charge < -0.3 is 7.58 Å². The molecule has 0 unspecified atom stereocenters. The minimum Gasteiger partial charge on any atom is -0.579 e. The molecule has 74 valence electrons. The number of nitrogens with zero attached hydrogens (tertiary/aromatic N) is 1. The van der Waals surface area contributed by atoms with Gasteiger partial charge in [0.25, 0.3) is 0 Å². The Labute approximate surface area is 91.1 Å². The summed E-state index contributed by atoms with van der Waals surface area (Å²) >= 11 is -2.33. The fourth-order valence-electron chi connectivity index (χ4n) is 0.801. The molecule has 0 aliphatic rings. The number of hydrogen-bond donors (Lipinski definition) is 0. The van der Waals surface area contributed by atoms with E-state index in [4.69, 9.17) is 17.6 Å². The van der Waals surface area contributed by atoms with Crippen molar-refractivity contribution in [3.05, 3.63) is 30.1 Å². The largest absolute Gasteiger partial charge is 0.908 e. The summed E-state index contributed by atoms with van der Waals surface area (Å²) in [6.45, 7) is 2.24. The summed E-state index contributed by atoms with van der Waals surface area (Å²) in [5, 5.41) is 0. The van der Waals surface area contributed by atoms with Crippen molar-refractivity contribution in [3.63, 3.8) is 0 Å². The zero-order chi connectivity index (χ0) is 10.4. The lowest BCUT2D eigenvalue weighted by Crippen LogP contribution is -2.20. The van der Waals surface area contributed by atoms with Gasteiger partial charge in [-0.25, -0.2) is 4.79 Å². The lowest BCUT2D eigenvalue weighted by molar-refractivity contribution is 0.0695. The molecular weight excluding hydrogens is 221 g/mol. The molecule has 6 heteroatoms. The van der Waals surface area contributed by atoms with E-state index in [2.05, 4.69) is 4.98 Å². The van der Waals surface area contributed by atoms with E-state index in [1.807, 2.05) is 0 Å². The van der Waals surface area contributed by atoms with E-state index >= 15 is 0 Å². The number of carbonyl (C=O) groups is 1. The normalized spacial score (nSPS) is 9.57. The van der Waals surface area contributed by atoms with Crippen LogP contribution in [0.15, 0.2) is 24.5 Å². The van der Waals surface area contributed by atoms with Gasteiger partial charge in [0.05, 0.1) is 5.56 Å². The fourth-order valence-corrected chi connectivity index (χ4v) is 2.06. The van der Waals surface area contributed by atoms with Crippen LogP contribution in [0, 0.1) is 0 Å². The smallest absolute Gasteiger partial charge is 0.579 e. The average Bonchev–Trinajstić information content (AvgIpc) is 2.19. The molecule has 1 aromatic rings. The predicted molar refractivity (Wildman–Crippen MR) is 52.9 cm³/mol. The Morgan fingerprint density at radius 2 is 2.50 bits per heavy atom. The lowest BCUT2D eigenvalue weighted by atomic mass is 10.3. The van der Waals surface area contributed by atoms with Crippen molar-refractivity contribution in [1.29, 1.82) is 0 Å². The number of aromatic nitrogens is 1. The van der Waals surface area contributed by atoms with E-state index in [9.17, 15) is 4.79 Å². The first-order chi connectivity index (χ1) is 6.74. The Bertz CT molecular complexity index is 296. The van der Waals surface area contributed by atoms with Crippen LogP contribution in [-0.2, 0) is 7.58 Å². The molecule has 0 aromatic carbocycles. The predicted octanol–water partition coefficient (Wildman–Crippen LogP) is 1.50. The highest BCUT2D eigenvalue weighted by atomic mass is 35.6. The minimum absolute atomic E-state index is 0.380. The number of halogens is 1. The standard InChI is InChI=1S/C6H5NO2.C2H5O.Al.ClH/c8-6(9)5-2-1-3-7-4-5;1-2-3;;/h1-4H,(H,8,9);2H2,1H3;;1H/q;-1;+3;/p-2. The van der Waals surface area contributed by atoms with Gasteiger partial charge in [-0.3, -0.25) is 4.98 Å². The van der Waals surface area contributed by atoms with E-state index in [1.165, 1.54) is 6.20 Å². The Morgan fingerprint density at radius 3 is 3.07 bits per heavy atom. The summed E-state index contributed by atoms with van der Waals surface area (Å²) in [7, 11) is 5.68. The molecule has 1 rings (SSSR count). The summed E-state index contributed by atoms with van der Waals surface area (Å²) in [4.78, 5) is 15.1. The van der Waals surface area contributed by atoms with Crippen LogP contribution in [0.1, 0.15) is 17.3 Å². The molecule has 0 N–H and O–H groups in total. The zero-order valence-electron chi connectivity index (χ0n) is 7.64. The average molecular weight is 230 g/mol. The third kappa shape index (κ3) is 3.64. The molecule has 0 saturated heterocycles. The molecule has 0 amide bonds. The Morgan fingerprint density at radius 1 is 1.71 bits per heavy atom. The third-order valence-corrected chi connectivity index (χ3v) is 3.03. The fraction of sp³-hybridized carbons (Fsp3) is 0.250. The van der Waals surface area contributed by atoms with E-state index in [0.717, 1.165) is 0 Å². The summed E-state index contributed by atoms with van der Waals surface area (Å²) < 4.78 is 9.85. The molecular formula is C8H9AlClNO3. The molecule has 0 saturated carbocycles. The highest BCUT2D eigenvalue weighted by molar-refractivity contribution is 7.00. The van der Waals surface area contributed by atoms with Gasteiger partial charge in [-0.1, -0.05) is 0 Å². The van der Waals surface area contributed by atoms with E-state index in [0.29, 0.717) is 12.2 Å². The van der Waals surface area contributed by atoms with Crippen LogP contribution >= 0.6 is 10.0 Å². The number of carbonyl (C=O) groups excluding carboxylic acids is 1. The molecule has 0 aliphatic carbocycles. The maximum Gasteiger partial charge on any atom is 0.908 e. The van der Waals surface area contributed by atoms with Crippen molar-refractivity contribution in [3.8, 4) is 0 Å². The Balaban J connectivity index is 2.51. The van der Waals surface area contributed by atoms with Crippen LogP contribution in [0.5, 0.6) is 0 Å². The highest BCUT2D eigenvalue weighted by Gasteiger charge is 2.29. The van der Waals surface area contributed by atoms with Crippen molar-refractivity contribution in [2.45, 2.75) is 6.92 Å². The second-order valence-electron chi connectivity index (χ2n) is 2.38. The topological polar surface area (TPSA) is 48.4 Å². The molecule has 0 atom stereocenters. The van der Waals surface area contributed by atoms with Gasteiger partial charge in [-0.15, -0.1) is 0 Å². The van der Waals surface area contributed by atoms with Gasteiger partial charge in [0, 0.05) is 19.0 Å². The maximum atomic E-state index is 11.3. The van der Waals surface area contributed by atoms with Crippen LogP contribution in [0.3, 0.4) is 0 Å². The van der Waals surface area contributed by atoms with Gasteiger partial charge in [-0.2, -0.15) is 10.0 Å². The van der Waals surface area contributed by atoms with Crippen molar-refractivity contribution >= 4 is 29.9 Å². The van der Waals surface area contributed by atoms with E-state index < -0.39 is 19.9 Å². The molecule has 0 fully saturated rings. The second kappa shape index (κ2) is 5.99. The van der Waals surface area contributed by atoms with Crippen molar-refractivity contribution in [2.75, 3.05) is 6.61 Å². The SMILES string of the molecule is CC[O][Al]([Cl])[O]C(=O)c1cccnc1. The van der Waals surface area contributed by atoms with Gasteiger partial charge in [0.2, 0.25) is 0 Å². The molecule has 1 aromatic heterocycles. The first kappa shape index (κ1) is 11.5. The van der Waals surface area contributed by atoms with Crippen molar-refractivity contribution in [1.82, 2.24) is 4.98 Å². The molecule has 0 aliphatic heterocycles. The van der Waals surface area contributed by atoms with Crippen LogP contribution < -0.4 is 0 Å². The monoisotopic (exact) mass is 229 g/mol. The van der Waals surface area contributed by atoms with Gasteiger partial charge >= 0.3 is 19.9 Å². The van der Waals surface area contributed by atoms with Crippen molar-refractivity contribution in [2.24, 2.45) is 0 Å². The number of pyridine rings is 1. The summed E-state index contributed by atoms with van der Waals surface area (Å²) in [6.07, 6.45) is 3.00. The Kier molecular flexibility index (Phi) is 4.91. The summed E-state index contributed by atoms with van der Waals surface area (Å²) in [5.41, 5.74) is 0.380. The quantitative estimate of drug-likeness (QED) is 0.734. The van der Waals surface area contributed by atoms with Crippen LogP contribution in [0.25, 0.3) is 0 Å². The lowest BCUT2D eigenvalue weighted by Gasteiger charge is -2.06. The van der Waals surface area contributed by atoms with Crippen LogP contribution in [0.4, 0.5) is 0 Å². The zero-order valence-corrected chi connectivity index (χ0v) is 9.55. The van der Waals surface area contributed by atoms with Gasteiger partial charge in [-0.05, 0) is 19.1 Å². The highest BCUT2D eigenvalue weighted by Crippen LogP contribution is 2.03. The first-order valence-corrected chi connectivity index (χ1v) is 6.79. The maximum absolute atomic E-state index is 11.3.